The van der Waals surface area contributed by atoms with Crippen molar-refractivity contribution >= 4 is 40.6 Å². The highest BCUT2D eigenvalue weighted by Crippen LogP contribution is 2.12. The van der Waals surface area contributed by atoms with Crippen molar-refractivity contribution in [3.05, 3.63) is 33.4 Å². The summed E-state index contributed by atoms with van der Waals surface area (Å²) in [6, 6.07) is 6.94. The largest absolute Gasteiger partial charge is 0.452 e. The Morgan fingerprint density at radius 2 is 1.96 bits per heavy atom. The minimum absolute atomic E-state index is 0.0328. The lowest BCUT2D eigenvalue weighted by atomic mass is 10.1. The molecule has 1 saturated heterocycles. The minimum Gasteiger partial charge on any atom is -0.452 e. The Morgan fingerprint density at radius 1 is 1.24 bits per heavy atom. The van der Waals surface area contributed by atoms with Crippen LogP contribution < -0.4 is 5.32 Å². The number of amides is 2. The van der Waals surface area contributed by atoms with E-state index in [0.717, 1.165) is 3.57 Å². The van der Waals surface area contributed by atoms with Crippen LogP contribution in [0.5, 0.6) is 0 Å². The van der Waals surface area contributed by atoms with Crippen LogP contribution in [0.3, 0.4) is 0 Å². The molecular weight excluding hydrogens is 439 g/mol. The molecule has 0 bridgehead atoms. The quantitative estimate of drug-likeness (QED) is 0.538. The number of carbonyl (C=O) groups excluding carboxylic acids is 3. The van der Waals surface area contributed by atoms with E-state index in [4.69, 9.17) is 9.47 Å². The smallest absolute Gasteiger partial charge is 0.409 e. The zero-order chi connectivity index (χ0) is 18.2. The van der Waals surface area contributed by atoms with E-state index in [1.165, 1.54) is 0 Å². The van der Waals surface area contributed by atoms with E-state index in [1.54, 1.807) is 30.0 Å². The average molecular weight is 460 g/mol. The average Bonchev–Trinajstić information content (AvgIpc) is 2.60. The molecule has 0 aliphatic carbocycles. The van der Waals surface area contributed by atoms with Crippen LogP contribution in [-0.4, -0.2) is 55.2 Å². The molecular formula is C17H21IN2O5. The highest BCUT2D eigenvalue weighted by Gasteiger charge is 2.24. The van der Waals surface area contributed by atoms with Gasteiger partial charge >= 0.3 is 12.1 Å². The molecule has 0 saturated carbocycles. The zero-order valence-electron chi connectivity index (χ0n) is 14.0. The second-order valence-electron chi connectivity index (χ2n) is 5.61. The number of piperidine rings is 1. The number of nitrogens with zero attached hydrogens (tertiary/aromatic N) is 1. The van der Waals surface area contributed by atoms with Crippen molar-refractivity contribution < 1.29 is 23.9 Å². The summed E-state index contributed by atoms with van der Waals surface area (Å²) in [6.45, 7) is 2.87. The molecule has 1 fully saturated rings. The molecule has 2 amide bonds. The summed E-state index contributed by atoms with van der Waals surface area (Å²) in [5.41, 5.74) is 0.419. The number of halogens is 1. The fraction of sp³-hybridized carbons (Fsp3) is 0.471. The standard InChI is InChI=1S/C17H21IN2O5/c1-2-24-17(23)20-8-6-14(7-9-20)19-15(21)11-25-16(22)12-4-3-5-13(18)10-12/h3-5,10,14H,2,6-9,11H2,1H3,(H,19,21). The first-order valence-electron chi connectivity index (χ1n) is 8.13. The maximum absolute atomic E-state index is 11.9. The normalized spacial score (nSPS) is 14.7. The predicted molar refractivity (Wildman–Crippen MR) is 99.2 cm³/mol. The zero-order valence-corrected chi connectivity index (χ0v) is 16.2. The van der Waals surface area contributed by atoms with Gasteiger partial charge in [0.15, 0.2) is 6.61 Å². The first-order valence-corrected chi connectivity index (χ1v) is 9.21. The number of esters is 1. The Labute approximate surface area is 160 Å². The molecule has 7 nitrogen and oxygen atoms in total. The third kappa shape index (κ3) is 6.18. The molecule has 1 heterocycles. The summed E-state index contributed by atoms with van der Waals surface area (Å²) in [4.78, 5) is 37.1. The van der Waals surface area contributed by atoms with Crippen LogP contribution in [0.4, 0.5) is 4.79 Å². The molecule has 1 aromatic rings. The van der Waals surface area contributed by atoms with Gasteiger partial charge in [-0.15, -0.1) is 0 Å². The highest BCUT2D eigenvalue weighted by molar-refractivity contribution is 14.1. The van der Waals surface area contributed by atoms with E-state index < -0.39 is 5.97 Å². The number of rotatable bonds is 5. The molecule has 25 heavy (non-hydrogen) atoms. The van der Waals surface area contributed by atoms with Crippen LogP contribution in [0.25, 0.3) is 0 Å². The van der Waals surface area contributed by atoms with E-state index in [2.05, 4.69) is 27.9 Å². The molecule has 1 aliphatic rings. The second-order valence-corrected chi connectivity index (χ2v) is 6.86. The number of carbonyl (C=O) groups is 3. The molecule has 1 aromatic carbocycles. The first kappa shape index (κ1) is 19.5. The van der Waals surface area contributed by atoms with Gasteiger partial charge in [-0.1, -0.05) is 6.07 Å². The summed E-state index contributed by atoms with van der Waals surface area (Å²) in [5, 5.41) is 2.83. The van der Waals surface area contributed by atoms with Crippen molar-refractivity contribution in [2.24, 2.45) is 0 Å². The van der Waals surface area contributed by atoms with Crippen LogP contribution in [-0.2, 0) is 14.3 Å². The first-order chi connectivity index (χ1) is 12.0. The van der Waals surface area contributed by atoms with Crippen molar-refractivity contribution in [2.45, 2.75) is 25.8 Å². The van der Waals surface area contributed by atoms with E-state index >= 15 is 0 Å². The molecule has 136 valence electrons. The lowest BCUT2D eigenvalue weighted by Crippen LogP contribution is -2.47. The SMILES string of the molecule is CCOC(=O)N1CCC(NC(=O)COC(=O)c2cccc(I)c2)CC1. The van der Waals surface area contributed by atoms with Gasteiger partial charge in [0, 0.05) is 22.7 Å². The molecule has 0 spiro atoms. The molecule has 0 atom stereocenters. The van der Waals surface area contributed by atoms with Crippen LogP contribution >= 0.6 is 22.6 Å². The molecule has 8 heteroatoms. The van der Waals surface area contributed by atoms with Crippen LogP contribution in [0, 0.1) is 3.57 Å². The summed E-state index contributed by atoms with van der Waals surface area (Å²) in [5.74, 6) is -0.862. The van der Waals surface area contributed by atoms with Gasteiger partial charge in [0.2, 0.25) is 0 Å². The van der Waals surface area contributed by atoms with Crippen LogP contribution in [0.15, 0.2) is 24.3 Å². The molecule has 1 aliphatic heterocycles. The Bertz CT molecular complexity index is 629. The van der Waals surface area contributed by atoms with Gasteiger partial charge in [0.1, 0.15) is 0 Å². The van der Waals surface area contributed by atoms with Gasteiger partial charge in [0.05, 0.1) is 12.2 Å². The molecule has 0 unspecified atom stereocenters. The van der Waals surface area contributed by atoms with Gasteiger partial charge in [-0.3, -0.25) is 4.79 Å². The number of hydrogen-bond acceptors (Lipinski definition) is 5. The summed E-state index contributed by atoms with van der Waals surface area (Å²) in [7, 11) is 0. The van der Waals surface area contributed by atoms with Crippen LogP contribution in [0.2, 0.25) is 0 Å². The number of benzene rings is 1. The van der Waals surface area contributed by atoms with E-state index in [-0.39, 0.29) is 24.6 Å². The maximum Gasteiger partial charge on any atom is 0.409 e. The third-order valence-corrected chi connectivity index (χ3v) is 4.45. The van der Waals surface area contributed by atoms with E-state index in [0.29, 0.717) is 38.1 Å². The van der Waals surface area contributed by atoms with E-state index in [1.807, 2.05) is 6.07 Å². The summed E-state index contributed by atoms with van der Waals surface area (Å²) < 4.78 is 10.9. The van der Waals surface area contributed by atoms with Gasteiger partial charge in [-0.2, -0.15) is 0 Å². The lowest BCUT2D eigenvalue weighted by Gasteiger charge is -2.31. The molecule has 1 N–H and O–H groups in total. The lowest BCUT2D eigenvalue weighted by molar-refractivity contribution is -0.125. The summed E-state index contributed by atoms with van der Waals surface area (Å²) >= 11 is 2.10. The van der Waals surface area contributed by atoms with Crippen LogP contribution in [0.1, 0.15) is 30.1 Å². The Balaban J connectivity index is 1.71. The number of ether oxygens (including phenoxy) is 2. The third-order valence-electron chi connectivity index (χ3n) is 3.78. The van der Waals surface area contributed by atoms with Crippen molar-refractivity contribution in [2.75, 3.05) is 26.3 Å². The fourth-order valence-electron chi connectivity index (χ4n) is 2.52. The molecule has 2 rings (SSSR count). The highest BCUT2D eigenvalue weighted by atomic mass is 127. The Morgan fingerprint density at radius 3 is 2.60 bits per heavy atom. The van der Waals surface area contributed by atoms with Crippen molar-refractivity contribution in [1.29, 1.82) is 0 Å². The monoisotopic (exact) mass is 460 g/mol. The topological polar surface area (TPSA) is 84.9 Å². The Kier molecular flexibility index (Phi) is 7.48. The predicted octanol–water partition coefficient (Wildman–Crippen LogP) is 2.19. The van der Waals surface area contributed by atoms with Crippen molar-refractivity contribution in [1.82, 2.24) is 10.2 Å². The van der Waals surface area contributed by atoms with Crippen molar-refractivity contribution in [3.63, 3.8) is 0 Å². The molecule has 0 aromatic heterocycles. The maximum atomic E-state index is 11.9. The second kappa shape index (κ2) is 9.59. The van der Waals surface area contributed by atoms with Gasteiger partial charge in [0.25, 0.3) is 5.91 Å². The number of nitrogens with one attached hydrogen (secondary N) is 1. The minimum atomic E-state index is -0.522. The van der Waals surface area contributed by atoms with Crippen molar-refractivity contribution in [3.8, 4) is 0 Å². The summed E-state index contributed by atoms with van der Waals surface area (Å²) in [6.07, 6.45) is 0.976. The number of likely N-dealkylation sites (tertiary alicyclic amines) is 1. The van der Waals surface area contributed by atoms with Gasteiger partial charge in [-0.25, -0.2) is 9.59 Å². The van der Waals surface area contributed by atoms with E-state index in [9.17, 15) is 14.4 Å². The Hall–Kier alpha value is -1.84. The van der Waals surface area contributed by atoms with Gasteiger partial charge < -0.3 is 19.7 Å². The van der Waals surface area contributed by atoms with Gasteiger partial charge in [-0.05, 0) is 60.6 Å². The molecule has 0 radical (unpaired) electrons. The fourth-order valence-corrected chi connectivity index (χ4v) is 3.06. The number of hydrogen-bond donors (Lipinski definition) is 1.